The zero-order valence-corrected chi connectivity index (χ0v) is 10.8. The van der Waals surface area contributed by atoms with Gasteiger partial charge in [-0.15, -0.1) is 0 Å². The SMILES string of the molecule is Cc1nc(C)nc(C=Cc2nc(C)nc(C)n2)n1. The van der Waals surface area contributed by atoms with Crippen molar-refractivity contribution >= 4 is 12.2 Å². The molecule has 0 unspecified atom stereocenters. The van der Waals surface area contributed by atoms with Crippen LogP contribution < -0.4 is 0 Å². The molecule has 0 spiro atoms. The van der Waals surface area contributed by atoms with Gasteiger partial charge in [-0.1, -0.05) is 0 Å². The maximum absolute atomic E-state index is 4.21. The zero-order chi connectivity index (χ0) is 13.1. The van der Waals surface area contributed by atoms with Gasteiger partial charge in [0.05, 0.1) is 0 Å². The Morgan fingerprint density at radius 3 is 1.06 bits per heavy atom. The molecule has 0 aromatic carbocycles. The van der Waals surface area contributed by atoms with Gasteiger partial charge in [-0.3, -0.25) is 0 Å². The van der Waals surface area contributed by atoms with Gasteiger partial charge in [-0.2, -0.15) is 0 Å². The molecule has 2 rings (SSSR count). The van der Waals surface area contributed by atoms with Crippen LogP contribution >= 0.6 is 0 Å². The van der Waals surface area contributed by atoms with E-state index in [-0.39, 0.29) is 0 Å². The van der Waals surface area contributed by atoms with Crippen LogP contribution in [-0.4, -0.2) is 29.9 Å². The molecule has 0 bridgehead atoms. The van der Waals surface area contributed by atoms with E-state index in [1.54, 1.807) is 12.2 Å². The van der Waals surface area contributed by atoms with Crippen LogP contribution in [0.15, 0.2) is 0 Å². The van der Waals surface area contributed by atoms with E-state index in [0.29, 0.717) is 34.9 Å². The molecule has 0 fully saturated rings. The van der Waals surface area contributed by atoms with Crippen LogP contribution in [0, 0.1) is 27.7 Å². The lowest BCUT2D eigenvalue weighted by atomic mass is 10.4. The second-order valence-electron chi connectivity index (χ2n) is 3.91. The summed E-state index contributed by atoms with van der Waals surface area (Å²) < 4.78 is 0. The van der Waals surface area contributed by atoms with Crippen LogP contribution in [0.3, 0.4) is 0 Å². The Hall–Kier alpha value is -2.24. The predicted molar refractivity (Wildman–Crippen MR) is 67.5 cm³/mol. The Morgan fingerprint density at radius 2 is 0.778 bits per heavy atom. The molecule has 0 N–H and O–H groups in total. The molecule has 6 nitrogen and oxygen atoms in total. The average molecular weight is 242 g/mol. The lowest BCUT2D eigenvalue weighted by Crippen LogP contribution is -2.00. The van der Waals surface area contributed by atoms with Crippen LogP contribution in [0.4, 0.5) is 0 Å². The van der Waals surface area contributed by atoms with E-state index in [9.17, 15) is 0 Å². The summed E-state index contributed by atoms with van der Waals surface area (Å²) in [6.45, 7) is 7.35. The van der Waals surface area contributed by atoms with Crippen molar-refractivity contribution in [3.8, 4) is 0 Å². The molecule has 18 heavy (non-hydrogen) atoms. The fraction of sp³-hybridized carbons (Fsp3) is 0.333. The first-order valence-electron chi connectivity index (χ1n) is 5.59. The molecule has 0 aliphatic heterocycles. The van der Waals surface area contributed by atoms with E-state index < -0.39 is 0 Å². The van der Waals surface area contributed by atoms with Crippen molar-refractivity contribution in [1.29, 1.82) is 0 Å². The molecular weight excluding hydrogens is 228 g/mol. The zero-order valence-electron chi connectivity index (χ0n) is 10.8. The number of hydrogen-bond donors (Lipinski definition) is 0. The van der Waals surface area contributed by atoms with E-state index in [4.69, 9.17) is 0 Å². The highest BCUT2D eigenvalue weighted by molar-refractivity contribution is 5.62. The monoisotopic (exact) mass is 242 g/mol. The maximum Gasteiger partial charge on any atom is 0.156 e. The molecule has 2 heterocycles. The van der Waals surface area contributed by atoms with Crippen LogP contribution in [0.2, 0.25) is 0 Å². The third-order valence-electron chi connectivity index (χ3n) is 2.13. The first-order valence-corrected chi connectivity index (χ1v) is 5.59. The van der Waals surface area contributed by atoms with Gasteiger partial charge in [0.15, 0.2) is 11.6 Å². The molecular formula is C12H14N6. The summed E-state index contributed by atoms with van der Waals surface area (Å²) in [5, 5.41) is 0. The Balaban J connectivity index is 2.29. The minimum Gasteiger partial charge on any atom is -0.219 e. The molecule has 0 amide bonds. The first-order chi connectivity index (χ1) is 8.52. The minimum absolute atomic E-state index is 0.607. The first kappa shape index (κ1) is 12.2. The summed E-state index contributed by atoms with van der Waals surface area (Å²) in [6, 6.07) is 0. The number of hydrogen-bond acceptors (Lipinski definition) is 6. The fourth-order valence-electron chi connectivity index (χ4n) is 1.58. The summed E-state index contributed by atoms with van der Waals surface area (Å²) in [7, 11) is 0. The van der Waals surface area contributed by atoms with E-state index >= 15 is 0 Å². The normalized spacial score (nSPS) is 11.1. The summed E-state index contributed by atoms with van der Waals surface area (Å²) in [5.41, 5.74) is 0. The second kappa shape index (κ2) is 4.95. The third kappa shape index (κ3) is 3.13. The second-order valence-corrected chi connectivity index (χ2v) is 3.91. The van der Waals surface area contributed by atoms with Crippen LogP contribution in [0.25, 0.3) is 12.2 Å². The molecule has 2 aromatic rings. The largest absolute Gasteiger partial charge is 0.219 e. The van der Waals surface area contributed by atoms with Crippen molar-refractivity contribution < 1.29 is 0 Å². The highest BCUT2D eigenvalue weighted by Gasteiger charge is 1.99. The van der Waals surface area contributed by atoms with Gasteiger partial charge in [0.25, 0.3) is 0 Å². The number of rotatable bonds is 2. The molecule has 0 aliphatic carbocycles. The quantitative estimate of drug-likeness (QED) is 0.793. The maximum atomic E-state index is 4.21. The molecule has 0 saturated heterocycles. The summed E-state index contributed by atoms with van der Waals surface area (Å²) in [6.07, 6.45) is 3.55. The fourth-order valence-corrected chi connectivity index (χ4v) is 1.58. The van der Waals surface area contributed by atoms with Crippen molar-refractivity contribution in [3.63, 3.8) is 0 Å². The standard InChI is InChI=1S/C12H14N6/c1-7-13-8(2)16-11(15-7)5-6-12-17-9(3)14-10(4)18-12/h5-6H,1-4H3. The van der Waals surface area contributed by atoms with E-state index in [1.807, 2.05) is 27.7 Å². The molecule has 0 aliphatic rings. The van der Waals surface area contributed by atoms with Crippen molar-refractivity contribution in [2.24, 2.45) is 0 Å². The molecule has 0 saturated carbocycles. The predicted octanol–water partition coefficient (Wildman–Crippen LogP) is 1.46. The van der Waals surface area contributed by atoms with Crippen molar-refractivity contribution in [1.82, 2.24) is 29.9 Å². The van der Waals surface area contributed by atoms with Gasteiger partial charge in [0.1, 0.15) is 23.3 Å². The molecule has 6 heteroatoms. The highest BCUT2D eigenvalue weighted by atomic mass is 15.0. The third-order valence-corrected chi connectivity index (χ3v) is 2.13. The summed E-state index contributed by atoms with van der Waals surface area (Å²) >= 11 is 0. The number of aryl methyl sites for hydroxylation is 4. The highest BCUT2D eigenvalue weighted by Crippen LogP contribution is 2.02. The van der Waals surface area contributed by atoms with Gasteiger partial charge in [0.2, 0.25) is 0 Å². The molecule has 2 aromatic heterocycles. The Morgan fingerprint density at radius 1 is 0.500 bits per heavy atom. The van der Waals surface area contributed by atoms with E-state index in [2.05, 4.69) is 29.9 Å². The van der Waals surface area contributed by atoms with Crippen molar-refractivity contribution in [2.45, 2.75) is 27.7 Å². The number of aromatic nitrogens is 6. The number of nitrogens with zero attached hydrogens (tertiary/aromatic N) is 6. The van der Waals surface area contributed by atoms with E-state index in [1.165, 1.54) is 0 Å². The molecule has 0 radical (unpaired) electrons. The van der Waals surface area contributed by atoms with Gasteiger partial charge in [-0.25, -0.2) is 29.9 Å². The van der Waals surface area contributed by atoms with Crippen LogP contribution in [0.5, 0.6) is 0 Å². The molecule has 92 valence electrons. The van der Waals surface area contributed by atoms with E-state index in [0.717, 1.165) is 0 Å². The Kier molecular flexibility index (Phi) is 3.36. The average Bonchev–Trinajstić information content (AvgIpc) is 2.23. The topological polar surface area (TPSA) is 77.3 Å². The van der Waals surface area contributed by atoms with Gasteiger partial charge in [0, 0.05) is 0 Å². The Bertz CT molecular complexity index is 512. The minimum atomic E-state index is 0.607. The van der Waals surface area contributed by atoms with Gasteiger partial charge < -0.3 is 0 Å². The van der Waals surface area contributed by atoms with Crippen LogP contribution in [0.1, 0.15) is 34.9 Å². The van der Waals surface area contributed by atoms with Gasteiger partial charge >= 0.3 is 0 Å². The van der Waals surface area contributed by atoms with Crippen molar-refractivity contribution in [2.75, 3.05) is 0 Å². The van der Waals surface area contributed by atoms with Gasteiger partial charge in [-0.05, 0) is 39.8 Å². The smallest absolute Gasteiger partial charge is 0.156 e. The van der Waals surface area contributed by atoms with Crippen LogP contribution in [-0.2, 0) is 0 Å². The summed E-state index contributed by atoms with van der Waals surface area (Å²) in [4.78, 5) is 25.1. The summed E-state index contributed by atoms with van der Waals surface area (Å²) in [5.74, 6) is 4.01. The van der Waals surface area contributed by atoms with Crippen molar-refractivity contribution in [3.05, 3.63) is 34.9 Å². The Labute approximate surface area is 105 Å². The molecule has 0 atom stereocenters. The lowest BCUT2D eigenvalue weighted by molar-refractivity contribution is 0.902. The lowest BCUT2D eigenvalue weighted by Gasteiger charge is -1.98.